The first-order valence-electron chi connectivity index (χ1n) is 4.00. The Morgan fingerprint density at radius 1 is 1.53 bits per heavy atom. The SMILES string of the molecule is CC(=O)c1ccc(C#N)c(C(F)F)c1Cl. The third-order valence-corrected chi connectivity index (χ3v) is 2.30. The fourth-order valence-corrected chi connectivity index (χ4v) is 1.56. The molecule has 0 spiro atoms. The lowest BCUT2D eigenvalue weighted by atomic mass is 10.0. The molecule has 0 aliphatic rings. The first-order valence-corrected chi connectivity index (χ1v) is 4.38. The molecule has 78 valence electrons. The number of Topliss-reactive ketones (excluding diaryl/α,β-unsaturated/α-hetero) is 1. The van der Waals surface area contributed by atoms with Gasteiger partial charge >= 0.3 is 0 Å². The van der Waals surface area contributed by atoms with Crippen LogP contribution in [0, 0.1) is 11.3 Å². The second-order valence-electron chi connectivity index (χ2n) is 2.86. The number of alkyl halides is 2. The molecule has 0 heterocycles. The van der Waals surface area contributed by atoms with Crippen molar-refractivity contribution >= 4 is 17.4 Å². The number of nitriles is 1. The normalized spacial score (nSPS) is 10.1. The van der Waals surface area contributed by atoms with E-state index in [1.807, 2.05) is 0 Å². The van der Waals surface area contributed by atoms with Crippen molar-refractivity contribution in [2.75, 3.05) is 0 Å². The molecule has 1 aromatic rings. The van der Waals surface area contributed by atoms with Crippen molar-refractivity contribution in [1.29, 1.82) is 5.26 Å². The van der Waals surface area contributed by atoms with Crippen molar-refractivity contribution in [3.05, 3.63) is 33.8 Å². The Morgan fingerprint density at radius 3 is 2.53 bits per heavy atom. The van der Waals surface area contributed by atoms with Crippen molar-refractivity contribution in [3.63, 3.8) is 0 Å². The predicted molar refractivity (Wildman–Crippen MR) is 51.1 cm³/mol. The van der Waals surface area contributed by atoms with Gasteiger partial charge in [-0.25, -0.2) is 8.78 Å². The van der Waals surface area contributed by atoms with Crippen LogP contribution in [-0.2, 0) is 0 Å². The fraction of sp³-hybridized carbons (Fsp3) is 0.200. The number of carbonyl (C=O) groups is 1. The molecule has 0 radical (unpaired) electrons. The third kappa shape index (κ3) is 2.13. The Morgan fingerprint density at radius 2 is 2.13 bits per heavy atom. The van der Waals surface area contributed by atoms with Crippen molar-refractivity contribution in [2.24, 2.45) is 0 Å². The number of hydrogen-bond donors (Lipinski definition) is 0. The van der Waals surface area contributed by atoms with Gasteiger partial charge in [0.1, 0.15) is 0 Å². The zero-order valence-electron chi connectivity index (χ0n) is 7.72. The molecular formula is C10H6ClF2NO. The Hall–Kier alpha value is -1.47. The van der Waals surface area contributed by atoms with E-state index in [2.05, 4.69) is 0 Å². The van der Waals surface area contributed by atoms with Gasteiger partial charge in [0, 0.05) is 5.56 Å². The third-order valence-electron chi connectivity index (χ3n) is 1.90. The summed E-state index contributed by atoms with van der Waals surface area (Å²) in [6.07, 6.45) is -2.87. The summed E-state index contributed by atoms with van der Waals surface area (Å²) in [6, 6.07) is 4.05. The predicted octanol–water partition coefficient (Wildman–Crippen LogP) is 3.35. The summed E-state index contributed by atoms with van der Waals surface area (Å²) in [4.78, 5) is 11.0. The van der Waals surface area contributed by atoms with Gasteiger partial charge in [-0.1, -0.05) is 11.6 Å². The number of rotatable bonds is 2. The quantitative estimate of drug-likeness (QED) is 0.730. The summed E-state index contributed by atoms with van der Waals surface area (Å²) in [6.45, 7) is 1.22. The van der Waals surface area contributed by atoms with Crippen LogP contribution >= 0.6 is 11.6 Å². The maximum atomic E-state index is 12.6. The Labute approximate surface area is 90.1 Å². The number of halogens is 3. The van der Waals surface area contributed by atoms with Gasteiger partial charge in [0.25, 0.3) is 6.43 Å². The molecule has 2 nitrogen and oxygen atoms in total. The largest absolute Gasteiger partial charge is 0.294 e. The van der Waals surface area contributed by atoms with E-state index in [0.29, 0.717) is 0 Å². The summed E-state index contributed by atoms with van der Waals surface area (Å²) in [5.41, 5.74) is -0.780. The van der Waals surface area contributed by atoms with Gasteiger partial charge in [0.05, 0.1) is 22.2 Å². The van der Waals surface area contributed by atoms with Crippen LogP contribution in [0.3, 0.4) is 0 Å². The van der Waals surface area contributed by atoms with Gasteiger partial charge in [-0.05, 0) is 19.1 Å². The number of nitrogens with zero attached hydrogens (tertiary/aromatic N) is 1. The highest BCUT2D eigenvalue weighted by Gasteiger charge is 2.21. The van der Waals surface area contributed by atoms with Crippen LogP contribution in [-0.4, -0.2) is 5.78 Å². The van der Waals surface area contributed by atoms with E-state index in [1.165, 1.54) is 19.1 Å². The summed E-state index contributed by atoms with van der Waals surface area (Å²) in [7, 11) is 0. The Kier molecular flexibility index (Phi) is 3.38. The lowest BCUT2D eigenvalue weighted by Crippen LogP contribution is -2.00. The van der Waals surface area contributed by atoms with Gasteiger partial charge in [-0.15, -0.1) is 0 Å². The molecule has 0 amide bonds. The highest BCUT2D eigenvalue weighted by Crippen LogP contribution is 2.32. The van der Waals surface area contributed by atoms with Crippen LogP contribution in [0.15, 0.2) is 12.1 Å². The Bertz CT molecular complexity index is 451. The van der Waals surface area contributed by atoms with Crippen molar-refractivity contribution < 1.29 is 13.6 Å². The number of ketones is 1. The lowest BCUT2D eigenvalue weighted by molar-refractivity contribution is 0.101. The molecule has 0 aromatic heterocycles. The van der Waals surface area contributed by atoms with E-state index >= 15 is 0 Å². The topological polar surface area (TPSA) is 40.9 Å². The molecule has 0 aliphatic heterocycles. The van der Waals surface area contributed by atoms with Crippen molar-refractivity contribution in [1.82, 2.24) is 0 Å². The van der Waals surface area contributed by atoms with Crippen LogP contribution in [0.1, 0.15) is 34.8 Å². The Balaban J connectivity index is 3.51. The van der Waals surface area contributed by atoms with E-state index in [9.17, 15) is 13.6 Å². The molecule has 0 unspecified atom stereocenters. The first-order chi connectivity index (χ1) is 6.99. The number of carbonyl (C=O) groups excluding carboxylic acids is 1. The molecule has 0 fully saturated rings. The highest BCUT2D eigenvalue weighted by molar-refractivity contribution is 6.34. The molecule has 0 saturated heterocycles. The molecular weight excluding hydrogens is 224 g/mol. The van der Waals surface area contributed by atoms with E-state index in [4.69, 9.17) is 16.9 Å². The molecule has 1 aromatic carbocycles. The maximum Gasteiger partial charge on any atom is 0.266 e. The molecule has 0 atom stereocenters. The zero-order chi connectivity index (χ0) is 11.6. The highest BCUT2D eigenvalue weighted by atomic mass is 35.5. The number of hydrogen-bond acceptors (Lipinski definition) is 2. The fourth-order valence-electron chi connectivity index (χ4n) is 1.18. The van der Waals surface area contributed by atoms with E-state index in [-0.39, 0.29) is 16.1 Å². The minimum Gasteiger partial charge on any atom is -0.294 e. The summed E-state index contributed by atoms with van der Waals surface area (Å²) < 4.78 is 25.1. The minimum atomic E-state index is -2.87. The standard InChI is InChI=1S/C10H6ClF2NO/c1-5(15)7-3-2-6(4-14)8(9(7)11)10(12)13/h2-3,10H,1H3. The molecule has 5 heteroatoms. The average molecular weight is 230 g/mol. The van der Waals surface area contributed by atoms with Gasteiger partial charge in [-0.2, -0.15) is 5.26 Å². The van der Waals surface area contributed by atoms with Gasteiger partial charge < -0.3 is 0 Å². The van der Waals surface area contributed by atoms with Gasteiger partial charge in [-0.3, -0.25) is 4.79 Å². The van der Waals surface area contributed by atoms with Crippen LogP contribution in [0.2, 0.25) is 5.02 Å². The van der Waals surface area contributed by atoms with Crippen LogP contribution in [0.4, 0.5) is 8.78 Å². The van der Waals surface area contributed by atoms with Crippen molar-refractivity contribution in [2.45, 2.75) is 13.3 Å². The summed E-state index contributed by atoms with van der Waals surface area (Å²) in [5.74, 6) is -0.411. The van der Waals surface area contributed by atoms with E-state index in [0.717, 1.165) is 0 Å². The van der Waals surface area contributed by atoms with E-state index in [1.54, 1.807) is 6.07 Å². The van der Waals surface area contributed by atoms with Crippen LogP contribution in [0.5, 0.6) is 0 Å². The van der Waals surface area contributed by atoms with E-state index < -0.39 is 17.8 Å². The molecule has 0 N–H and O–H groups in total. The molecule has 0 bridgehead atoms. The molecule has 0 aliphatic carbocycles. The minimum absolute atomic E-state index is 0.00552. The maximum absolute atomic E-state index is 12.6. The smallest absolute Gasteiger partial charge is 0.266 e. The second kappa shape index (κ2) is 4.37. The lowest BCUT2D eigenvalue weighted by Gasteiger charge is -2.08. The summed E-state index contributed by atoms with van der Waals surface area (Å²) in [5, 5.41) is 8.26. The van der Waals surface area contributed by atoms with Gasteiger partial charge in [0.15, 0.2) is 5.78 Å². The first kappa shape index (κ1) is 11.6. The van der Waals surface area contributed by atoms with Crippen LogP contribution < -0.4 is 0 Å². The van der Waals surface area contributed by atoms with Gasteiger partial charge in [0.2, 0.25) is 0 Å². The second-order valence-corrected chi connectivity index (χ2v) is 3.23. The van der Waals surface area contributed by atoms with Crippen LogP contribution in [0.25, 0.3) is 0 Å². The monoisotopic (exact) mass is 229 g/mol. The zero-order valence-corrected chi connectivity index (χ0v) is 8.48. The average Bonchev–Trinajstić information content (AvgIpc) is 2.15. The molecule has 1 rings (SSSR count). The molecule has 15 heavy (non-hydrogen) atoms. The molecule has 0 saturated carbocycles. The summed E-state index contributed by atoms with van der Waals surface area (Å²) >= 11 is 5.63. The number of benzene rings is 1. The van der Waals surface area contributed by atoms with Crippen molar-refractivity contribution in [3.8, 4) is 6.07 Å².